The van der Waals surface area contributed by atoms with Gasteiger partial charge in [0.25, 0.3) is 0 Å². The zero-order valence-corrected chi connectivity index (χ0v) is 19.3. The molecule has 6 bridgehead atoms. The molecule has 0 N–H and O–H groups in total. The first-order chi connectivity index (χ1) is 15.1. The monoisotopic (exact) mass is 426 g/mol. The van der Waals surface area contributed by atoms with Crippen LogP contribution in [-0.2, 0) is 19.6 Å². The number of ether oxygens (including phenoxy) is 2. The average Bonchev–Trinajstić information content (AvgIpc) is 3.62. The fourth-order valence-electron chi connectivity index (χ4n) is 9.92. The summed E-state index contributed by atoms with van der Waals surface area (Å²) in [7, 11) is -1.86. The van der Waals surface area contributed by atoms with Crippen LogP contribution in [0, 0.1) is 23.7 Å². The molecule has 3 heteroatoms. The number of rotatable bonds is 2. The lowest BCUT2D eigenvalue weighted by Crippen LogP contribution is -2.57. The van der Waals surface area contributed by atoms with Gasteiger partial charge in [-0.15, -0.1) is 0 Å². The lowest BCUT2D eigenvalue weighted by Gasteiger charge is -2.45. The van der Waals surface area contributed by atoms with Crippen molar-refractivity contribution in [2.24, 2.45) is 23.7 Å². The molecule has 6 aliphatic rings. The zero-order chi connectivity index (χ0) is 20.6. The van der Waals surface area contributed by atoms with Gasteiger partial charge in [0.05, 0.1) is 32.5 Å². The highest BCUT2D eigenvalue weighted by Crippen LogP contribution is 2.77. The summed E-state index contributed by atoms with van der Waals surface area (Å²) < 4.78 is 13.6. The molecule has 158 valence electrons. The van der Waals surface area contributed by atoms with E-state index in [1.165, 1.54) is 24.0 Å². The smallest absolute Gasteiger partial charge is 0.0800 e. The third kappa shape index (κ3) is 1.67. The third-order valence-electron chi connectivity index (χ3n) is 10.8. The number of hydrogen-bond acceptors (Lipinski definition) is 2. The molecule has 0 aliphatic carbocycles. The Labute approximate surface area is 185 Å². The predicted molar refractivity (Wildman–Crippen MR) is 123 cm³/mol. The van der Waals surface area contributed by atoms with Crippen molar-refractivity contribution >= 4 is 8.07 Å². The Bertz CT molecular complexity index is 1010. The standard InChI is InChI=1S/C28H30O2Si/c1-31(2)27(17-9-5-3-6-10-17)15-16-28(31,18-11-7-4-8-12-18)24-23(27)25-21-19-13-14-20(29-19)22(21)26(24)30-25/h3-12,15-16,19-26H,13-14H2,1-2H3/t19-,20+,21+,22-,23-,24+,25+,26-,27-,28+. The first-order valence-corrected chi connectivity index (χ1v) is 15.2. The van der Waals surface area contributed by atoms with Crippen LogP contribution in [0.5, 0.6) is 0 Å². The van der Waals surface area contributed by atoms with E-state index in [1.54, 1.807) is 0 Å². The molecule has 0 amide bonds. The van der Waals surface area contributed by atoms with Crippen LogP contribution in [0.1, 0.15) is 24.0 Å². The highest BCUT2D eigenvalue weighted by molar-refractivity contribution is 6.86. The summed E-state index contributed by atoms with van der Waals surface area (Å²) in [6.45, 7) is 5.37. The van der Waals surface area contributed by atoms with Crippen molar-refractivity contribution in [3.8, 4) is 0 Å². The fraction of sp³-hybridized carbons (Fsp3) is 0.500. The highest BCUT2D eigenvalue weighted by atomic mass is 28.3. The van der Waals surface area contributed by atoms with E-state index < -0.39 is 8.07 Å². The third-order valence-corrected chi connectivity index (χ3v) is 16.5. The second-order valence-electron chi connectivity index (χ2n) is 11.5. The minimum Gasteiger partial charge on any atom is -0.374 e. The summed E-state index contributed by atoms with van der Waals surface area (Å²) in [6.07, 6.45) is 9.42. The molecular formula is C28H30O2Si. The predicted octanol–water partition coefficient (Wildman–Crippen LogP) is 5.04. The second kappa shape index (κ2) is 5.44. The van der Waals surface area contributed by atoms with Crippen molar-refractivity contribution in [3.63, 3.8) is 0 Å². The lowest BCUT2D eigenvalue weighted by molar-refractivity contribution is -0.00473. The van der Waals surface area contributed by atoms with Crippen molar-refractivity contribution in [2.45, 2.75) is 60.4 Å². The lowest BCUT2D eigenvalue weighted by atomic mass is 9.54. The van der Waals surface area contributed by atoms with Crippen molar-refractivity contribution in [1.29, 1.82) is 0 Å². The van der Waals surface area contributed by atoms with Gasteiger partial charge in [0.1, 0.15) is 0 Å². The summed E-state index contributed by atoms with van der Waals surface area (Å²) in [4.78, 5) is 0. The molecule has 31 heavy (non-hydrogen) atoms. The van der Waals surface area contributed by atoms with E-state index in [0.717, 1.165) is 0 Å². The molecule has 8 rings (SSSR count). The summed E-state index contributed by atoms with van der Waals surface area (Å²) in [5.41, 5.74) is 3.06. The number of fused-ring (bicyclic) bond motifs is 16. The van der Waals surface area contributed by atoms with Crippen LogP contribution in [0.3, 0.4) is 0 Å². The maximum Gasteiger partial charge on any atom is 0.0800 e. The van der Waals surface area contributed by atoms with E-state index in [0.29, 0.717) is 48.1 Å². The first-order valence-electron chi connectivity index (χ1n) is 12.2. The molecule has 2 aromatic rings. The van der Waals surface area contributed by atoms with Crippen LogP contribution < -0.4 is 0 Å². The van der Waals surface area contributed by atoms with Crippen LogP contribution in [0.2, 0.25) is 13.1 Å². The van der Waals surface area contributed by atoms with Crippen molar-refractivity contribution in [1.82, 2.24) is 0 Å². The average molecular weight is 427 g/mol. The van der Waals surface area contributed by atoms with Crippen molar-refractivity contribution in [2.75, 3.05) is 0 Å². The first kappa shape index (κ1) is 17.8. The van der Waals surface area contributed by atoms with Gasteiger partial charge < -0.3 is 9.47 Å². The van der Waals surface area contributed by atoms with E-state index in [2.05, 4.69) is 85.9 Å². The molecular weight excluding hydrogens is 396 g/mol. The van der Waals surface area contributed by atoms with Gasteiger partial charge in [0.2, 0.25) is 0 Å². The van der Waals surface area contributed by atoms with Crippen molar-refractivity contribution in [3.05, 3.63) is 83.9 Å². The molecule has 10 atom stereocenters. The summed E-state index contributed by atoms with van der Waals surface area (Å²) in [6, 6.07) is 22.9. The maximum atomic E-state index is 7.06. The Morgan fingerprint density at radius 3 is 1.58 bits per heavy atom. The number of hydrogen-bond donors (Lipinski definition) is 0. The molecule has 0 unspecified atom stereocenters. The summed E-state index contributed by atoms with van der Waals surface area (Å²) >= 11 is 0. The van der Waals surface area contributed by atoms with Crippen LogP contribution in [0.4, 0.5) is 0 Å². The van der Waals surface area contributed by atoms with Gasteiger partial charge in [-0.3, -0.25) is 0 Å². The number of benzene rings is 2. The molecule has 2 aromatic carbocycles. The van der Waals surface area contributed by atoms with E-state index in [4.69, 9.17) is 9.47 Å². The second-order valence-corrected chi connectivity index (χ2v) is 16.4. The largest absolute Gasteiger partial charge is 0.374 e. The van der Waals surface area contributed by atoms with Gasteiger partial charge >= 0.3 is 0 Å². The Morgan fingerprint density at radius 1 is 0.677 bits per heavy atom. The Morgan fingerprint density at radius 2 is 1.13 bits per heavy atom. The van der Waals surface area contributed by atoms with Gasteiger partial charge in [0, 0.05) is 33.7 Å². The summed E-state index contributed by atoms with van der Waals surface area (Å²) in [5.74, 6) is 2.40. The van der Waals surface area contributed by atoms with Crippen LogP contribution in [-0.4, -0.2) is 32.5 Å². The van der Waals surface area contributed by atoms with Gasteiger partial charge in [-0.05, 0) is 24.0 Å². The summed E-state index contributed by atoms with van der Waals surface area (Å²) in [5, 5.41) is 0.280. The van der Waals surface area contributed by atoms with E-state index in [9.17, 15) is 0 Å². The normalized spacial score (nSPS) is 51.4. The van der Waals surface area contributed by atoms with Gasteiger partial charge in [-0.1, -0.05) is 85.9 Å². The highest BCUT2D eigenvalue weighted by Gasteiger charge is 2.84. The Hall–Kier alpha value is -1.68. The Kier molecular flexibility index (Phi) is 3.13. The molecule has 0 radical (unpaired) electrons. The molecule has 6 heterocycles. The van der Waals surface area contributed by atoms with Gasteiger partial charge in [-0.2, -0.15) is 0 Å². The van der Waals surface area contributed by atoms with E-state index >= 15 is 0 Å². The van der Waals surface area contributed by atoms with E-state index in [1.807, 2.05) is 0 Å². The van der Waals surface area contributed by atoms with Crippen LogP contribution >= 0.6 is 0 Å². The molecule has 0 saturated carbocycles. The molecule has 5 saturated heterocycles. The molecule has 5 fully saturated rings. The topological polar surface area (TPSA) is 18.5 Å². The van der Waals surface area contributed by atoms with Gasteiger partial charge in [-0.25, -0.2) is 0 Å². The maximum absolute atomic E-state index is 7.06. The zero-order valence-electron chi connectivity index (χ0n) is 18.3. The van der Waals surface area contributed by atoms with Crippen LogP contribution in [0.15, 0.2) is 72.8 Å². The molecule has 2 nitrogen and oxygen atoms in total. The molecule has 0 spiro atoms. The quantitative estimate of drug-likeness (QED) is 0.495. The molecule has 0 aromatic heterocycles. The minimum absolute atomic E-state index is 0.140. The minimum atomic E-state index is -1.86. The van der Waals surface area contributed by atoms with Crippen LogP contribution in [0.25, 0.3) is 0 Å². The van der Waals surface area contributed by atoms with Gasteiger partial charge in [0.15, 0.2) is 0 Å². The fourth-order valence-corrected chi connectivity index (χ4v) is 15.7. The number of allylic oxidation sites excluding steroid dienone is 2. The van der Waals surface area contributed by atoms with Crippen molar-refractivity contribution < 1.29 is 9.47 Å². The SMILES string of the molecule is C[Si]1(C)[C@]2(c3ccccc3)C=C[C@@]1(c1ccccc1)[C@H]1[C@H]3O[C@H]([C@H]4[C@@H]3[C@H]3CC[C@@H]4O3)[C@H]12. The molecule has 6 aliphatic heterocycles. The Balaban J connectivity index is 1.41. The van der Waals surface area contributed by atoms with E-state index in [-0.39, 0.29) is 10.1 Å².